The van der Waals surface area contributed by atoms with Crippen LogP contribution in [0.1, 0.15) is 10.4 Å². The number of aryl methyl sites for hydroxylation is 1. The van der Waals surface area contributed by atoms with Crippen LogP contribution >= 0.6 is 23.1 Å². The quantitative estimate of drug-likeness (QED) is 0.575. The Kier molecular flexibility index (Phi) is 6.09. The number of hydrogen-bond acceptors (Lipinski definition) is 7. The Balaban J connectivity index is 1.24. The van der Waals surface area contributed by atoms with Gasteiger partial charge >= 0.3 is 0 Å². The molecule has 0 saturated carbocycles. The average Bonchev–Trinajstić information content (AvgIpc) is 3.39. The Hall–Kier alpha value is -2.16. The molecule has 1 aliphatic rings. The van der Waals surface area contributed by atoms with E-state index in [0.717, 1.165) is 38.3 Å². The number of hydrogen-bond donors (Lipinski definition) is 0. The molecule has 1 amide bonds. The van der Waals surface area contributed by atoms with Gasteiger partial charge in [-0.15, -0.1) is 21.5 Å². The lowest BCUT2D eigenvalue weighted by Gasteiger charge is -2.34. The fourth-order valence-electron chi connectivity index (χ4n) is 3.07. The lowest BCUT2D eigenvalue weighted by atomic mass is 10.1. The van der Waals surface area contributed by atoms with Crippen LogP contribution in [-0.2, 0) is 11.3 Å². The Morgan fingerprint density at radius 3 is 2.64 bits per heavy atom. The minimum atomic E-state index is 0.121. The summed E-state index contributed by atoms with van der Waals surface area (Å²) >= 11 is 3.08. The van der Waals surface area contributed by atoms with Gasteiger partial charge in [0.25, 0.3) is 5.22 Å². The van der Waals surface area contributed by atoms with Gasteiger partial charge in [0.15, 0.2) is 0 Å². The summed E-state index contributed by atoms with van der Waals surface area (Å²) in [5.41, 5.74) is 2.07. The number of rotatable bonds is 6. The first-order chi connectivity index (χ1) is 13.7. The van der Waals surface area contributed by atoms with Gasteiger partial charge in [0.2, 0.25) is 11.8 Å². The molecule has 0 spiro atoms. The molecule has 3 aromatic rings. The molecule has 1 aliphatic heterocycles. The molecule has 0 atom stereocenters. The first kappa shape index (κ1) is 19.2. The lowest BCUT2D eigenvalue weighted by molar-refractivity contribution is -0.130. The highest BCUT2D eigenvalue weighted by Gasteiger charge is 2.22. The second kappa shape index (κ2) is 8.89. The highest BCUT2D eigenvalue weighted by atomic mass is 32.2. The molecule has 8 heteroatoms. The summed E-state index contributed by atoms with van der Waals surface area (Å²) in [6.07, 6.45) is 0. The molecule has 4 rings (SSSR count). The molecule has 2 aromatic heterocycles. The van der Waals surface area contributed by atoms with E-state index in [1.54, 1.807) is 11.3 Å². The molecule has 0 radical (unpaired) electrons. The van der Waals surface area contributed by atoms with Crippen molar-refractivity contribution in [2.24, 2.45) is 0 Å². The van der Waals surface area contributed by atoms with E-state index >= 15 is 0 Å². The predicted molar refractivity (Wildman–Crippen MR) is 111 cm³/mol. The van der Waals surface area contributed by atoms with Gasteiger partial charge in [-0.25, -0.2) is 0 Å². The lowest BCUT2D eigenvalue weighted by Crippen LogP contribution is -2.48. The van der Waals surface area contributed by atoms with Crippen LogP contribution in [0.3, 0.4) is 0 Å². The van der Waals surface area contributed by atoms with Crippen LogP contribution in [0.25, 0.3) is 11.5 Å². The molecule has 0 unspecified atom stereocenters. The van der Waals surface area contributed by atoms with Crippen LogP contribution in [0.15, 0.2) is 51.4 Å². The van der Waals surface area contributed by atoms with Crippen molar-refractivity contribution in [1.82, 2.24) is 20.0 Å². The molecule has 0 N–H and O–H groups in total. The Morgan fingerprint density at radius 2 is 1.93 bits per heavy atom. The van der Waals surface area contributed by atoms with Crippen LogP contribution in [0.4, 0.5) is 0 Å². The van der Waals surface area contributed by atoms with E-state index in [-0.39, 0.29) is 5.91 Å². The molecule has 28 heavy (non-hydrogen) atoms. The van der Waals surface area contributed by atoms with E-state index in [2.05, 4.69) is 32.6 Å². The standard InChI is InChI=1S/C20H22N4O2S2/c1-15-4-6-16(7-5-15)19-21-22-20(26-19)28-14-18(25)24-10-8-23(9-11-24)13-17-3-2-12-27-17/h2-7,12H,8-11,13-14H2,1H3. The number of carbonyl (C=O) groups excluding carboxylic acids is 1. The zero-order chi connectivity index (χ0) is 19.3. The van der Waals surface area contributed by atoms with Gasteiger partial charge in [0, 0.05) is 43.2 Å². The predicted octanol–water partition coefficient (Wildman–Crippen LogP) is 3.54. The SMILES string of the molecule is Cc1ccc(-c2nnc(SCC(=O)N3CCN(Cc4cccs4)CC3)o2)cc1. The number of aromatic nitrogens is 2. The van der Waals surface area contributed by atoms with E-state index in [1.165, 1.54) is 22.2 Å². The van der Waals surface area contributed by atoms with Crippen LogP contribution < -0.4 is 0 Å². The van der Waals surface area contributed by atoms with Gasteiger partial charge in [-0.2, -0.15) is 0 Å². The zero-order valence-corrected chi connectivity index (χ0v) is 17.3. The van der Waals surface area contributed by atoms with E-state index < -0.39 is 0 Å². The number of carbonyl (C=O) groups is 1. The molecule has 0 aliphatic carbocycles. The summed E-state index contributed by atoms with van der Waals surface area (Å²) in [4.78, 5) is 18.2. The monoisotopic (exact) mass is 414 g/mol. The summed E-state index contributed by atoms with van der Waals surface area (Å²) in [7, 11) is 0. The molecular formula is C20H22N4O2S2. The van der Waals surface area contributed by atoms with Gasteiger partial charge in [0.1, 0.15) is 0 Å². The summed E-state index contributed by atoms with van der Waals surface area (Å²) in [6, 6.07) is 12.2. The number of nitrogens with zero attached hydrogens (tertiary/aromatic N) is 4. The molecule has 3 heterocycles. The minimum absolute atomic E-state index is 0.121. The molecule has 0 bridgehead atoms. The highest BCUT2D eigenvalue weighted by molar-refractivity contribution is 7.99. The van der Waals surface area contributed by atoms with Crippen molar-refractivity contribution in [3.8, 4) is 11.5 Å². The van der Waals surface area contributed by atoms with Crippen molar-refractivity contribution in [3.05, 3.63) is 52.2 Å². The highest BCUT2D eigenvalue weighted by Crippen LogP contribution is 2.24. The molecule has 146 valence electrons. The number of piperazine rings is 1. The Bertz CT molecular complexity index is 901. The van der Waals surface area contributed by atoms with Crippen LogP contribution in [0.2, 0.25) is 0 Å². The second-order valence-electron chi connectivity index (χ2n) is 6.76. The van der Waals surface area contributed by atoms with Crippen molar-refractivity contribution < 1.29 is 9.21 Å². The summed E-state index contributed by atoms with van der Waals surface area (Å²) in [6.45, 7) is 6.36. The first-order valence-corrected chi connectivity index (χ1v) is 11.1. The Labute approximate surface area is 172 Å². The summed E-state index contributed by atoms with van der Waals surface area (Å²) in [5, 5.41) is 10.7. The fourth-order valence-corrected chi connectivity index (χ4v) is 4.49. The number of benzene rings is 1. The normalized spacial score (nSPS) is 15.1. The van der Waals surface area contributed by atoms with Gasteiger partial charge in [0.05, 0.1) is 5.75 Å². The maximum absolute atomic E-state index is 12.5. The maximum atomic E-state index is 12.5. The number of amides is 1. The van der Waals surface area contributed by atoms with Crippen molar-refractivity contribution in [2.45, 2.75) is 18.7 Å². The maximum Gasteiger partial charge on any atom is 0.277 e. The largest absolute Gasteiger partial charge is 0.411 e. The summed E-state index contributed by atoms with van der Waals surface area (Å²) in [5.74, 6) is 0.925. The van der Waals surface area contributed by atoms with Gasteiger partial charge < -0.3 is 9.32 Å². The van der Waals surface area contributed by atoms with Gasteiger partial charge in [-0.05, 0) is 30.5 Å². The van der Waals surface area contributed by atoms with E-state index in [9.17, 15) is 4.79 Å². The van der Waals surface area contributed by atoms with Crippen molar-refractivity contribution >= 4 is 29.0 Å². The fraction of sp³-hybridized carbons (Fsp3) is 0.350. The van der Waals surface area contributed by atoms with Gasteiger partial charge in [-0.1, -0.05) is 35.5 Å². The number of thioether (sulfide) groups is 1. The molecule has 1 aromatic carbocycles. The van der Waals surface area contributed by atoms with Crippen LogP contribution in [-0.4, -0.2) is 57.8 Å². The molecule has 1 fully saturated rings. The average molecular weight is 415 g/mol. The van der Waals surface area contributed by atoms with Crippen molar-refractivity contribution in [3.63, 3.8) is 0 Å². The smallest absolute Gasteiger partial charge is 0.277 e. The molecular weight excluding hydrogens is 392 g/mol. The summed E-state index contributed by atoms with van der Waals surface area (Å²) < 4.78 is 5.69. The zero-order valence-electron chi connectivity index (χ0n) is 15.7. The third kappa shape index (κ3) is 4.81. The molecule has 6 nitrogen and oxygen atoms in total. The Morgan fingerprint density at radius 1 is 1.14 bits per heavy atom. The van der Waals surface area contributed by atoms with Crippen LogP contribution in [0, 0.1) is 6.92 Å². The topological polar surface area (TPSA) is 62.5 Å². The van der Waals surface area contributed by atoms with Gasteiger partial charge in [-0.3, -0.25) is 9.69 Å². The third-order valence-corrected chi connectivity index (χ3v) is 6.37. The van der Waals surface area contributed by atoms with Crippen LogP contribution in [0.5, 0.6) is 0 Å². The molecule has 1 saturated heterocycles. The minimum Gasteiger partial charge on any atom is -0.411 e. The van der Waals surface area contributed by atoms with E-state index in [4.69, 9.17) is 4.42 Å². The van der Waals surface area contributed by atoms with Crippen molar-refractivity contribution in [2.75, 3.05) is 31.9 Å². The third-order valence-electron chi connectivity index (χ3n) is 4.71. The van der Waals surface area contributed by atoms with Crippen molar-refractivity contribution in [1.29, 1.82) is 0 Å². The second-order valence-corrected chi connectivity index (χ2v) is 8.72. The van der Waals surface area contributed by atoms with E-state index in [1.807, 2.05) is 36.1 Å². The van der Waals surface area contributed by atoms with E-state index in [0.29, 0.717) is 16.9 Å². The first-order valence-electron chi connectivity index (χ1n) is 9.23. The number of thiophene rings is 1.